The van der Waals surface area contributed by atoms with Crippen LogP contribution in [0.3, 0.4) is 0 Å². The van der Waals surface area contributed by atoms with E-state index in [1.165, 1.54) is 31.6 Å². The average molecular weight is 204 g/mol. The maximum absolute atomic E-state index is 3.47. The molecule has 0 bridgehead atoms. The molecule has 15 heavy (non-hydrogen) atoms. The van der Waals surface area contributed by atoms with Crippen LogP contribution in [0.1, 0.15) is 12.5 Å². The highest BCUT2D eigenvalue weighted by molar-refractivity contribution is 5.14. The van der Waals surface area contributed by atoms with Crippen molar-refractivity contribution in [1.29, 1.82) is 0 Å². The molecule has 82 valence electrons. The van der Waals surface area contributed by atoms with Crippen LogP contribution in [0.15, 0.2) is 30.3 Å². The Balaban J connectivity index is 1.78. The van der Waals surface area contributed by atoms with Crippen molar-refractivity contribution in [3.8, 4) is 0 Å². The Kier molecular flexibility index (Phi) is 3.75. The standard InChI is InChI=1S/C13H20N2/c1-12-11-15(10-8-14-12)9-7-13-5-3-2-4-6-13/h2-6,12,14H,7-11H2,1H3/t12-/m0/s1. The van der Waals surface area contributed by atoms with Gasteiger partial charge in [0.15, 0.2) is 0 Å². The Morgan fingerprint density at radius 2 is 2.13 bits per heavy atom. The Bertz CT molecular complexity index is 284. The lowest BCUT2D eigenvalue weighted by Gasteiger charge is -2.31. The molecule has 2 heteroatoms. The summed E-state index contributed by atoms with van der Waals surface area (Å²) in [6.45, 7) is 6.96. The summed E-state index contributed by atoms with van der Waals surface area (Å²) in [6, 6.07) is 11.4. The smallest absolute Gasteiger partial charge is 0.0167 e. The fourth-order valence-corrected chi connectivity index (χ4v) is 2.15. The van der Waals surface area contributed by atoms with E-state index in [0.29, 0.717) is 6.04 Å². The molecule has 0 amide bonds. The topological polar surface area (TPSA) is 15.3 Å². The second-order valence-electron chi connectivity index (χ2n) is 4.39. The van der Waals surface area contributed by atoms with E-state index in [4.69, 9.17) is 0 Å². The summed E-state index contributed by atoms with van der Waals surface area (Å²) in [5.74, 6) is 0. The van der Waals surface area contributed by atoms with Crippen molar-refractivity contribution < 1.29 is 0 Å². The van der Waals surface area contributed by atoms with Crippen LogP contribution in [0.4, 0.5) is 0 Å². The third kappa shape index (κ3) is 3.33. The van der Waals surface area contributed by atoms with Crippen LogP contribution in [0.5, 0.6) is 0 Å². The number of piperazine rings is 1. The predicted molar refractivity (Wildman–Crippen MR) is 64.1 cm³/mol. The van der Waals surface area contributed by atoms with Crippen molar-refractivity contribution in [2.45, 2.75) is 19.4 Å². The van der Waals surface area contributed by atoms with Gasteiger partial charge in [-0.05, 0) is 18.9 Å². The zero-order valence-electron chi connectivity index (χ0n) is 9.45. The lowest BCUT2D eigenvalue weighted by Crippen LogP contribution is -2.49. The number of hydrogen-bond acceptors (Lipinski definition) is 2. The van der Waals surface area contributed by atoms with Crippen LogP contribution in [0.2, 0.25) is 0 Å². The lowest BCUT2D eigenvalue weighted by molar-refractivity contribution is 0.209. The summed E-state index contributed by atoms with van der Waals surface area (Å²) < 4.78 is 0. The largest absolute Gasteiger partial charge is 0.312 e. The molecule has 0 aromatic heterocycles. The summed E-state index contributed by atoms with van der Waals surface area (Å²) >= 11 is 0. The van der Waals surface area contributed by atoms with Crippen molar-refractivity contribution in [3.63, 3.8) is 0 Å². The van der Waals surface area contributed by atoms with E-state index in [2.05, 4.69) is 47.5 Å². The normalized spacial score (nSPS) is 22.9. The Morgan fingerprint density at radius 3 is 2.87 bits per heavy atom. The number of benzene rings is 1. The molecule has 1 aromatic rings. The van der Waals surface area contributed by atoms with Crippen LogP contribution >= 0.6 is 0 Å². The molecule has 1 atom stereocenters. The first-order chi connectivity index (χ1) is 7.34. The first-order valence-corrected chi connectivity index (χ1v) is 5.84. The van der Waals surface area contributed by atoms with Crippen molar-refractivity contribution in [3.05, 3.63) is 35.9 Å². The third-order valence-corrected chi connectivity index (χ3v) is 3.01. The summed E-state index contributed by atoms with van der Waals surface area (Å²) in [5, 5.41) is 3.47. The van der Waals surface area contributed by atoms with Crippen LogP contribution in [-0.4, -0.2) is 37.1 Å². The minimum Gasteiger partial charge on any atom is -0.312 e. The highest BCUT2D eigenvalue weighted by Gasteiger charge is 2.14. The summed E-state index contributed by atoms with van der Waals surface area (Å²) in [6.07, 6.45) is 1.17. The van der Waals surface area contributed by atoms with Gasteiger partial charge in [0.05, 0.1) is 0 Å². The lowest BCUT2D eigenvalue weighted by atomic mass is 10.1. The summed E-state index contributed by atoms with van der Waals surface area (Å²) in [7, 11) is 0. The van der Waals surface area contributed by atoms with Gasteiger partial charge in [0.25, 0.3) is 0 Å². The number of nitrogens with zero attached hydrogens (tertiary/aromatic N) is 1. The molecule has 1 aromatic carbocycles. The molecule has 0 unspecified atom stereocenters. The average Bonchev–Trinajstić information content (AvgIpc) is 2.28. The van der Waals surface area contributed by atoms with E-state index >= 15 is 0 Å². The van der Waals surface area contributed by atoms with Crippen molar-refractivity contribution in [2.75, 3.05) is 26.2 Å². The van der Waals surface area contributed by atoms with Gasteiger partial charge in [-0.15, -0.1) is 0 Å². The monoisotopic (exact) mass is 204 g/mol. The van der Waals surface area contributed by atoms with Gasteiger partial charge in [-0.25, -0.2) is 0 Å². The van der Waals surface area contributed by atoms with Crippen LogP contribution in [-0.2, 0) is 6.42 Å². The highest BCUT2D eigenvalue weighted by Crippen LogP contribution is 2.03. The van der Waals surface area contributed by atoms with Gasteiger partial charge in [-0.3, -0.25) is 0 Å². The SMILES string of the molecule is C[C@H]1CN(CCc2ccccc2)CCN1. The molecule has 1 heterocycles. The Morgan fingerprint density at radius 1 is 1.33 bits per heavy atom. The van der Waals surface area contributed by atoms with Crippen LogP contribution < -0.4 is 5.32 Å². The molecule has 0 aliphatic carbocycles. The number of hydrogen-bond donors (Lipinski definition) is 1. The molecule has 1 saturated heterocycles. The van der Waals surface area contributed by atoms with Gasteiger partial charge in [0, 0.05) is 32.2 Å². The molecule has 0 spiro atoms. The van der Waals surface area contributed by atoms with Crippen LogP contribution in [0, 0.1) is 0 Å². The predicted octanol–water partition coefficient (Wildman–Crippen LogP) is 1.52. The van der Waals surface area contributed by atoms with Gasteiger partial charge in [0.1, 0.15) is 0 Å². The molecule has 2 rings (SSSR count). The van der Waals surface area contributed by atoms with E-state index in [1.54, 1.807) is 0 Å². The van der Waals surface area contributed by atoms with E-state index < -0.39 is 0 Å². The minimum atomic E-state index is 0.648. The van der Waals surface area contributed by atoms with Gasteiger partial charge in [-0.2, -0.15) is 0 Å². The first kappa shape index (κ1) is 10.7. The van der Waals surface area contributed by atoms with Crippen molar-refractivity contribution >= 4 is 0 Å². The fraction of sp³-hybridized carbons (Fsp3) is 0.538. The van der Waals surface area contributed by atoms with Gasteiger partial charge < -0.3 is 10.2 Å². The van der Waals surface area contributed by atoms with Crippen molar-refractivity contribution in [2.24, 2.45) is 0 Å². The minimum absolute atomic E-state index is 0.648. The molecule has 2 nitrogen and oxygen atoms in total. The zero-order chi connectivity index (χ0) is 10.5. The van der Waals surface area contributed by atoms with E-state index in [9.17, 15) is 0 Å². The van der Waals surface area contributed by atoms with E-state index in [1.807, 2.05) is 0 Å². The Labute approximate surface area is 92.3 Å². The maximum Gasteiger partial charge on any atom is 0.0167 e. The molecule has 1 N–H and O–H groups in total. The maximum atomic E-state index is 3.47. The zero-order valence-corrected chi connectivity index (χ0v) is 9.45. The van der Waals surface area contributed by atoms with Crippen molar-refractivity contribution in [1.82, 2.24) is 10.2 Å². The molecular weight excluding hydrogens is 184 g/mol. The second-order valence-corrected chi connectivity index (χ2v) is 4.39. The third-order valence-electron chi connectivity index (χ3n) is 3.01. The van der Waals surface area contributed by atoms with E-state index in [0.717, 1.165) is 6.54 Å². The summed E-state index contributed by atoms with van der Waals surface area (Å²) in [4.78, 5) is 2.55. The van der Waals surface area contributed by atoms with Gasteiger partial charge >= 0.3 is 0 Å². The van der Waals surface area contributed by atoms with E-state index in [-0.39, 0.29) is 0 Å². The van der Waals surface area contributed by atoms with Gasteiger partial charge in [0.2, 0.25) is 0 Å². The molecular formula is C13H20N2. The molecule has 1 aliphatic heterocycles. The number of nitrogens with one attached hydrogen (secondary N) is 1. The number of rotatable bonds is 3. The molecule has 1 aliphatic rings. The molecule has 1 fully saturated rings. The first-order valence-electron chi connectivity index (χ1n) is 5.84. The van der Waals surface area contributed by atoms with Gasteiger partial charge in [-0.1, -0.05) is 30.3 Å². The fourth-order valence-electron chi connectivity index (χ4n) is 2.15. The highest BCUT2D eigenvalue weighted by atomic mass is 15.2. The Hall–Kier alpha value is -0.860. The molecule has 0 saturated carbocycles. The quantitative estimate of drug-likeness (QED) is 0.803. The second kappa shape index (κ2) is 5.29. The summed E-state index contributed by atoms with van der Waals surface area (Å²) in [5.41, 5.74) is 1.45. The molecule has 0 radical (unpaired) electrons. The van der Waals surface area contributed by atoms with Crippen LogP contribution in [0.25, 0.3) is 0 Å².